The number of rotatable bonds is 54. The summed E-state index contributed by atoms with van der Waals surface area (Å²) in [5.41, 5.74) is 0. The van der Waals surface area contributed by atoms with E-state index in [0.29, 0.717) is 6.42 Å². The molecule has 0 radical (unpaired) electrons. The summed E-state index contributed by atoms with van der Waals surface area (Å²) >= 11 is 0. The number of ether oxygens (including phenoxy) is 2. The molecule has 436 valence electrons. The fraction of sp³-hybridized carbons (Fsp3) is 0.803. The van der Waals surface area contributed by atoms with E-state index in [0.717, 1.165) is 83.5 Å². The van der Waals surface area contributed by atoms with E-state index >= 15 is 0 Å². The van der Waals surface area contributed by atoms with Gasteiger partial charge in [0.05, 0.1) is 25.4 Å². The van der Waals surface area contributed by atoms with Crippen LogP contribution in [0.4, 0.5) is 0 Å². The van der Waals surface area contributed by atoms with Crippen LogP contribution in [-0.2, 0) is 14.3 Å². The Morgan fingerprint density at radius 3 is 1.24 bits per heavy atom. The molecule has 1 fully saturated rings. The molecular weight excluding hydrogens is 935 g/mol. The van der Waals surface area contributed by atoms with Gasteiger partial charge in [-0.25, -0.2) is 0 Å². The van der Waals surface area contributed by atoms with Crippen molar-refractivity contribution in [3.63, 3.8) is 0 Å². The first kappa shape index (κ1) is 70.6. The number of unbranched alkanes of at least 4 members (excludes halogenated alkanes) is 34. The summed E-state index contributed by atoms with van der Waals surface area (Å²) in [6, 6.07) is -0.840. The van der Waals surface area contributed by atoms with Crippen molar-refractivity contribution in [3.8, 4) is 0 Å². The van der Waals surface area contributed by atoms with Crippen molar-refractivity contribution < 1.29 is 39.8 Å². The predicted molar refractivity (Wildman–Crippen MR) is 318 cm³/mol. The van der Waals surface area contributed by atoms with E-state index in [1.165, 1.54) is 180 Å². The summed E-state index contributed by atoms with van der Waals surface area (Å²) in [7, 11) is 0. The summed E-state index contributed by atoms with van der Waals surface area (Å²) < 4.78 is 11.3. The third kappa shape index (κ3) is 44.2. The first-order valence-corrected chi connectivity index (χ1v) is 31.7. The van der Waals surface area contributed by atoms with Crippen molar-refractivity contribution >= 4 is 5.91 Å². The number of aliphatic hydroxyl groups is 5. The fourth-order valence-corrected chi connectivity index (χ4v) is 9.73. The summed E-state index contributed by atoms with van der Waals surface area (Å²) in [6.07, 6.45) is 70.0. The van der Waals surface area contributed by atoms with Crippen LogP contribution >= 0.6 is 0 Å². The van der Waals surface area contributed by atoms with E-state index in [1.807, 2.05) is 6.08 Å². The zero-order valence-electron chi connectivity index (χ0n) is 48.5. The number of hydrogen-bond acceptors (Lipinski definition) is 8. The Morgan fingerprint density at radius 2 is 0.800 bits per heavy atom. The third-order valence-electron chi connectivity index (χ3n) is 14.7. The van der Waals surface area contributed by atoms with E-state index in [1.54, 1.807) is 6.08 Å². The van der Waals surface area contributed by atoms with Gasteiger partial charge < -0.3 is 40.3 Å². The number of nitrogens with one attached hydrogen (secondary N) is 1. The molecule has 0 aliphatic carbocycles. The lowest BCUT2D eigenvalue weighted by molar-refractivity contribution is -0.302. The Kier molecular flexibility index (Phi) is 51.8. The normalized spacial score (nSPS) is 19.4. The molecule has 1 aliphatic rings. The zero-order valence-corrected chi connectivity index (χ0v) is 48.5. The van der Waals surface area contributed by atoms with Gasteiger partial charge in [0.25, 0.3) is 0 Å². The van der Waals surface area contributed by atoms with Gasteiger partial charge in [0.15, 0.2) is 6.29 Å². The standard InChI is InChI=1S/C66H119NO8/c1-3-5-7-9-11-13-15-17-19-21-23-24-25-26-27-28-29-30-31-32-33-34-35-36-38-39-41-43-45-47-49-51-53-55-60(69)59(58-74-66-65(73)64(72)63(71)61(57-68)75-66)67-62(70)56-54-52-50-48-46-44-42-40-37-22-20-18-16-14-12-10-8-6-4-2/h12,14,18,20,37-40,45,47,53,55,59-61,63-66,68-69,71-73H,3-11,13,15-17,19,21-36,41-44,46,48-52,54,56-58H2,1-2H3,(H,67,70)/b14-12-,20-18-,39-38+,40-37-,47-45+,55-53+. The second-order valence-electron chi connectivity index (χ2n) is 21.8. The highest BCUT2D eigenvalue weighted by atomic mass is 16.7. The van der Waals surface area contributed by atoms with Crippen molar-refractivity contribution in [1.82, 2.24) is 5.32 Å². The lowest BCUT2D eigenvalue weighted by atomic mass is 9.99. The van der Waals surface area contributed by atoms with Crippen LogP contribution in [0.2, 0.25) is 0 Å². The zero-order chi connectivity index (χ0) is 54.3. The molecule has 75 heavy (non-hydrogen) atoms. The van der Waals surface area contributed by atoms with Crippen LogP contribution in [0.3, 0.4) is 0 Å². The molecule has 6 N–H and O–H groups in total. The molecule has 1 saturated heterocycles. The van der Waals surface area contributed by atoms with Crippen LogP contribution in [0, 0.1) is 0 Å². The largest absolute Gasteiger partial charge is 0.394 e. The van der Waals surface area contributed by atoms with Gasteiger partial charge in [0.1, 0.15) is 24.4 Å². The third-order valence-corrected chi connectivity index (χ3v) is 14.7. The molecule has 0 saturated carbocycles. The Morgan fingerprint density at radius 1 is 0.453 bits per heavy atom. The molecule has 1 aliphatic heterocycles. The predicted octanol–water partition coefficient (Wildman–Crippen LogP) is 16.4. The van der Waals surface area contributed by atoms with E-state index in [4.69, 9.17) is 9.47 Å². The first-order valence-electron chi connectivity index (χ1n) is 31.7. The lowest BCUT2D eigenvalue weighted by Crippen LogP contribution is -2.60. The molecule has 1 rings (SSSR count). The molecule has 0 bridgehead atoms. The van der Waals surface area contributed by atoms with Gasteiger partial charge in [-0.2, -0.15) is 0 Å². The highest BCUT2D eigenvalue weighted by Gasteiger charge is 2.44. The second-order valence-corrected chi connectivity index (χ2v) is 21.8. The molecular formula is C66H119NO8. The number of hydrogen-bond donors (Lipinski definition) is 6. The Bertz CT molecular complexity index is 1410. The van der Waals surface area contributed by atoms with Crippen molar-refractivity contribution in [2.75, 3.05) is 13.2 Å². The summed E-state index contributed by atoms with van der Waals surface area (Å²) in [5, 5.41) is 54.5. The van der Waals surface area contributed by atoms with Gasteiger partial charge in [-0.15, -0.1) is 0 Å². The van der Waals surface area contributed by atoms with Gasteiger partial charge in [0, 0.05) is 6.42 Å². The maximum Gasteiger partial charge on any atom is 0.220 e. The molecule has 0 aromatic heterocycles. The highest BCUT2D eigenvalue weighted by Crippen LogP contribution is 2.23. The number of aliphatic hydroxyl groups excluding tert-OH is 5. The Balaban J connectivity index is 2.20. The fourth-order valence-electron chi connectivity index (χ4n) is 9.73. The van der Waals surface area contributed by atoms with Crippen molar-refractivity contribution in [1.29, 1.82) is 0 Å². The van der Waals surface area contributed by atoms with E-state index in [-0.39, 0.29) is 12.5 Å². The minimum atomic E-state index is -1.58. The summed E-state index contributed by atoms with van der Waals surface area (Å²) in [5.74, 6) is -0.204. The van der Waals surface area contributed by atoms with Crippen molar-refractivity contribution in [2.24, 2.45) is 0 Å². The minimum Gasteiger partial charge on any atom is -0.394 e. The van der Waals surface area contributed by atoms with Crippen LogP contribution in [0.1, 0.15) is 284 Å². The topological polar surface area (TPSA) is 149 Å². The van der Waals surface area contributed by atoms with Crippen LogP contribution in [-0.4, -0.2) is 87.5 Å². The average molecular weight is 1050 g/mol. The number of allylic oxidation sites excluding steroid dienone is 11. The first-order chi connectivity index (χ1) is 36.8. The molecule has 1 amide bonds. The molecule has 0 aromatic carbocycles. The SMILES string of the molecule is CCCCC/C=C\C/C=C\C/C=C\CCCCCCCCC(=O)NC(COC1OC(CO)C(O)C(O)C1O)C(O)/C=C/CC/C=C/CC/C=C/CCCCCCCCCCCCCCCCCCCCCCCCC. The Labute approximate surface area is 461 Å². The van der Waals surface area contributed by atoms with Crippen molar-refractivity contribution in [2.45, 2.75) is 326 Å². The molecule has 1 heterocycles. The van der Waals surface area contributed by atoms with E-state index < -0.39 is 49.5 Å². The minimum absolute atomic E-state index is 0.204. The second kappa shape index (κ2) is 55.0. The smallest absolute Gasteiger partial charge is 0.220 e. The van der Waals surface area contributed by atoms with Crippen molar-refractivity contribution in [3.05, 3.63) is 72.9 Å². The monoisotopic (exact) mass is 1050 g/mol. The highest BCUT2D eigenvalue weighted by molar-refractivity contribution is 5.76. The maximum absolute atomic E-state index is 13.1. The van der Waals surface area contributed by atoms with Crippen LogP contribution in [0.15, 0.2) is 72.9 Å². The van der Waals surface area contributed by atoms with Gasteiger partial charge in [-0.1, -0.05) is 267 Å². The summed E-state index contributed by atoms with van der Waals surface area (Å²) in [6.45, 7) is 3.74. The maximum atomic E-state index is 13.1. The number of amides is 1. The summed E-state index contributed by atoms with van der Waals surface area (Å²) in [4.78, 5) is 13.1. The molecule has 0 aromatic rings. The van der Waals surface area contributed by atoms with Crippen LogP contribution in [0.5, 0.6) is 0 Å². The van der Waals surface area contributed by atoms with Gasteiger partial charge >= 0.3 is 0 Å². The van der Waals surface area contributed by atoms with E-state index in [2.05, 4.69) is 79.9 Å². The van der Waals surface area contributed by atoms with E-state index in [9.17, 15) is 30.3 Å². The van der Waals surface area contributed by atoms with Crippen LogP contribution < -0.4 is 5.32 Å². The molecule has 7 atom stereocenters. The molecule has 0 spiro atoms. The average Bonchev–Trinajstić information content (AvgIpc) is 3.41. The molecule has 7 unspecified atom stereocenters. The van der Waals surface area contributed by atoms with Gasteiger partial charge in [-0.05, 0) is 83.5 Å². The molecule has 9 nitrogen and oxygen atoms in total. The number of carbonyl (C=O) groups is 1. The number of carbonyl (C=O) groups excluding carboxylic acids is 1. The quantitative estimate of drug-likeness (QED) is 0.0261. The van der Waals surface area contributed by atoms with Gasteiger partial charge in [0.2, 0.25) is 5.91 Å². The Hall–Kier alpha value is -2.37. The van der Waals surface area contributed by atoms with Gasteiger partial charge in [-0.3, -0.25) is 4.79 Å². The molecule has 9 heteroatoms. The van der Waals surface area contributed by atoms with Crippen LogP contribution in [0.25, 0.3) is 0 Å². The lowest BCUT2D eigenvalue weighted by Gasteiger charge is -2.40.